The van der Waals surface area contributed by atoms with E-state index < -0.39 is 0 Å². The Bertz CT molecular complexity index is 736. The predicted molar refractivity (Wildman–Crippen MR) is 94.8 cm³/mol. The third-order valence-electron chi connectivity index (χ3n) is 3.52. The van der Waals surface area contributed by atoms with Crippen LogP contribution < -0.4 is 10.6 Å². The van der Waals surface area contributed by atoms with Gasteiger partial charge in [-0.25, -0.2) is 0 Å². The first-order valence-electron chi connectivity index (χ1n) is 8.01. The number of hydrogen-bond donors (Lipinski definition) is 2. The van der Waals surface area contributed by atoms with Crippen molar-refractivity contribution >= 4 is 17.9 Å². The van der Waals surface area contributed by atoms with E-state index in [-0.39, 0.29) is 17.5 Å². The second-order valence-electron chi connectivity index (χ2n) is 5.44. The van der Waals surface area contributed by atoms with Crippen LogP contribution in [0, 0.1) is 6.92 Å². The van der Waals surface area contributed by atoms with Gasteiger partial charge in [0.25, 0.3) is 11.8 Å². The zero-order chi connectivity index (χ0) is 18.1. The van der Waals surface area contributed by atoms with E-state index in [1.165, 1.54) is 12.3 Å². The maximum Gasteiger partial charge on any atom is 0.267 e. The second-order valence-corrected chi connectivity index (χ2v) is 5.44. The van der Waals surface area contributed by atoms with Crippen LogP contribution >= 0.6 is 0 Å². The summed E-state index contributed by atoms with van der Waals surface area (Å²) in [6.07, 6.45) is 3.69. The van der Waals surface area contributed by atoms with E-state index in [9.17, 15) is 9.59 Å². The highest BCUT2D eigenvalue weighted by Gasteiger charge is 2.16. The highest BCUT2D eigenvalue weighted by Crippen LogP contribution is 2.10. The fraction of sp³-hybridized carbons (Fsp3) is 0.263. The zero-order valence-corrected chi connectivity index (χ0v) is 14.4. The van der Waals surface area contributed by atoms with Gasteiger partial charge in [-0.15, -0.1) is 0 Å². The van der Waals surface area contributed by atoms with Crippen LogP contribution in [0.25, 0.3) is 6.08 Å². The number of aryl methyl sites for hydroxylation is 1. The molecule has 0 unspecified atom stereocenters. The normalized spacial score (nSPS) is 11.2. The molecule has 1 aromatic carbocycles. The minimum atomic E-state index is -0.380. The van der Waals surface area contributed by atoms with Crippen molar-refractivity contribution in [3.8, 4) is 0 Å². The number of benzene rings is 1. The molecular formula is C19H22N2O4. The van der Waals surface area contributed by atoms with Gasteiger partial charge in [0.05, 0.1) is 6.26 Å². The number of rotatable bonds is 8. The Kier molecular flexibility index (Phi) is 6.98. The van der Waals surface area contributed by atoms with Crippen molar-refractivity contribution in [1.82, 2.24) is 10.6 Å². The molecule has 2 amide bonds. The van der Waals surface area contributed by atoms with Gasteiger partial charge in [-0.2, -0.15) is 0 Å². The van der Waals surface area contributed by atoms with Gasteiger partial charge in [-0.3, -0.25) is 9.59 Å². The Morgan fingerprint density at radius 1 is 1.20 bits per heavy atom. The lowest BCUT2D eigenvalue weighted by Gasteiger charge is -2.11. The molecule has 0 saturated carbocycles. The van der Waals surface area contributed by atoms with E-state index in [0.717, 1.165) is 5.56 Å². The molecule has 25 heavy (non-hydrogen) atoms. The average Bonchev–Trinajstić information content (AvgIpc) is 3.11. The van der Waals surface area contributed by atoms with E-state index in [0.29, 0.717) is 30.9 Å². The fourth-order valence-corrected chi connectivity index (χ4v) is 2.21. The number of hydrogen-bond acceptors (Lipinski definition) is 4. The highest BCUT2D eigenvalue weighted by atomic mass is 16.5. The van der Waals surface area contributed by atoms with Gasteiger partial charge in [-0.1, -0.05) is 18.2 Å². The van der Waals surface area contributed by atoms with Gasteiger partial charge in [0, 0.05) is 31.9 Å². The second kappa shape index (κ2) is 9.44. The predicted octanol–water partition coefficient (Wildman–Crippen LogP) is 2.51. The zero-order valence-electron chi connectivity index (χ0n) is 14.4. The largest absolute Gasteiger partial charge is 0.465 e. The summed E-state index contributed by atoms with van der Waals surface area (Å²) in [6.45, 7) is 2.84. The fourth-order valence-electron chi connectivity index (χ4n) is 2.21. The molecule has 1 heterocycles. The molecule has 1 aromatic heterocycles. The molecule has 2 aromatic rings. The third kappa shape index (κ3) is 5.61. The topological polar surface area (TPSA) is 80.6 Å². The molecule has 132 valence electrons. The van der Waals surface area contributed by atoms with E-state index in [1.54, 1.807) is 31.4 Å². The van der Waals surface area contributed by atoms with Crippen LogP contribution in [0.15, 0.2) is 52.8 Å². The minimum absolute atomic E-state index is 0.126. The summed E-state index contributed by atoms with van der Waals surface area (Å²) in [4.78, 5) is 24.9. The smallest absolute Gasteiger partial charge is 0.267 e. The number of methoxy groups -OCH3 is 1. The molecule has 0 aliphatic rings. The van der Waals surface area contributed by atoms with Crippen molar-refractivity contribution in [2.45, 2.75) is 13.3 Å². The third-order valence-corrected chi connectivity index (χ3v) is 3.52. The van der Waals surface area contributed by atoms with Gasteiger partial charge < -0.3 is 19.8 Å². The maximum atomic E-state index is 12.5. The van der Waals surface area contributed by atoms with Crippen molar-refractivity contribution in [3.63, 3.8) is 0 Å². The van der Waals surface area contributed by atoms with E-state index in [1.807, 2.05) is 19.1 Å². The van der Waals surface area contributed by atoms with Crippen LogP contribution in [-0.4, -0.2) is 32.1 Å². The first kappa shape index (κ1) is 18.5. The van der Waals surface area contributed by atoms with Crippen molar-refractivity contribution in [3.05, 3.63) is 65.2 Å². The van der Waals surface area contributed by atoms with Crippen molar-refractivity contribution in [1.29, 1.82) is 0 Å². The molecule has 0 radical (unpaired) electrons. The van der Waals surface area contributed by atoms with Crippen LogP contribution in [0.4, 0.5) is 0 Å². The molecule has 0 bridgehead atoms. The lowest BCUT2D eigenvalue weighted by molar-refractivity contribution is -0.117. The molecule has 0 atom stereocenters. The lowest BCUT2D eigenvalue weighted by Crippen LogP contribution is -2.35. The number of carbonyl (C=O) groups is 2. The summed E-state index contributed by atoms with van der Waals surface area (Å²) >= 11 is 0. The molecule has 0 fully saturated rings. The molecule has 0 saturated heterocycles. The average molecular weight is 342 g/mol. The number of ether oxygens (including phenoxy) is 1. The Labute approximate surface area is 146 Å². The molecule has 6 nitrogen and oxygen atoms in total. The van der Waals surface area contributed by atoms with Gasteiger partial charge in [-0.05, 0) is 37.1 Å². The van der Waals surface area contributed by atoms with Crippen LogP contribution in [-0.2, 0) is 9.53 Å². The summed E-state index contributed by atoms with van der Waals surface area (Å²) in [5.41, 5.74) is 1.47. The Morgan fingerprint density at radius 2 is 2.00 bits per heavy atom. The van der Waals surface area contributed by atoms with Gasteiger partial charge in [0.1, 0.15) is 11.5 Å². The SMILES string of the molecule is COCCCNC(=O)/C(=C/c1ccco1)NC(=O)c1ccccc1C. The van der Waals surface area contributed by atoms with Crippen molar-refractivity contribution in [2.24, 2.45) is 0 Å². The van der Waals surface area contributed by atoms with Crippen LogP contribution in [0.5, 0.6) is 0 Å². The first-order valence-corrected chi connectivity index (χ1v) is 8.01. The molecule has 2 N–H and O–H groups in total. The quantitative estimate of drug-likeness (QED) is 0.571. The number of nitrogens with one attached hydrogen (secondary N) is 2. The summed E-state index contributed by atoms with van der Waals surface area (Å²) in [5.74, 6) is -0.246. The first-order chi connectivity index (χ1) is 12.1. The molecule has 2 rings (SSSR count). The van der Waals surface area contributed by atoms with Gasteiger partial charge >= 0.3 is 0 Å². The summed E-state index contributed by atoms with van der Waals surface area (Å²) in [7, 11) is 1.60. The molecule has 0 aliphatic heterocycles. The lowest BCUT2D eigenvalue weighted by atomic mass is 10.1. The summed E-state index contributed by atoms with van der Waals surface area (Å²) in [6, 6.07) is 10.6. The summed E-state index contributed by atoms with van der Waals surface area (Å²) < 4.78 is 10.2. The van der Waals surface area contributed by atoms with Crippen molar-refractivity contribution in [2.75, 3.05) is 20.3 Å². The molecule has 0 spiro atoms. The molecule has 0 aliphatic carbocycles. The Morgan fingerprint density at radius 3 is 2.68 bits per heavy atom. The van der Waals surface area contributed by atoms with Gasteiger partial charge in [0.15, 0.2) is 0 Å². The van der Waals surface area contributed by atoms with Gasteiger partial charge in [0.2, 0.25) is 0 Å². The maximum absolute atomic E-state index is 12.5. The standard InChI is InChI=1S/C19H22N2O4/c1-14-7-3-4-9-16(14)18(22)21-17(13-15-8-5-12-25-15)19(23)20-10-6-11-24-2/h3-5,7-9,12-13H,6,10-11H2,1-2H3,(H,20,23)(H,21,22)/b17-13-. The number of carbonyl (C=O) groups excluding carboxylic acids is 2. The van der Waals surface area contributed by atoms with Crippen LogP contribution in [0.2, 0.25) is 0 Å². The monoisotopic (exact) mass is 342 g/mol. The van der Waals surface area contributed by atoms with Crippen LogP contribution in [0.3, 0.4) is 0 Å². The van der Waals surface area contributed by atoms with Crippen LogP contribution in [0.1, 0.15) is 28.1 Å². The summed E-state index contributed by atoms with van der Waals surface area (Å²) in [5, 5.41) is 5.43. The molecular weight excluding hydrogens is 320 g/mol. The van der Waals surface area contributed by atoms with E-state index >= 15 is 0 Å². The van der Waals surface area contributed by atoms with E-state index in [4.69, 9.17) is 9.15 Å². The Balaban J connectivity index is 2.13. The van der Waals surface area contributed by atoms with Crippen molar-refractivity contribution < 1.29 is 18.7 Å². The number of furan rings is 1. The minimum Gasteiger partial charge on any atom is -0.465 e. The van der Waals surface area contributed by atoms with E-state index in [2.05, 4.69) is 10.6 Å². The highest BCUT2D eigenvalue weighted by molar-refractivity contribution is 6.05. The number of amides is 2. The molecule has 6 heteroatoms. The Hall–Kier alpha value is -2.86.